The molecule has 1 aromatic carbocycles. The van der Waals surface area contributed by atoms with Gasteiger partial charge in [-0.25, -0.2) is 0 Å². The fourth-order valence-electron chi connectivity index (χ4n) is 1.21. The normalized spacial score (nSPS) is 14.1. The molecule has 1 atom stereocenters. The van der Waals surface area contributed by atoms with E-state index in [1.54, 1.807) is 24.3 Å². The monoisotopic (exact) mass is 259 g/mol. The molecule has 2 amide bonds. The molecule has 13 heavy (non-hydrogen) atoms. The quantitative estimate of drug-likeness (QED) is 0.525. The molecule has 68 valence electrons. The molecule has 0 bridgehead atoms. The van der Waals surface area contributed by atoms with E-state index in [-0.39, 0.29) is 28.8 Å². The molecule has 1 aliphatic rings. The van der Waals surface area contributed by atoms with E-state index in [0.717, 1.165) is 4.67 Å². The third-order valence-electron chi connectivity index (χ3n) is 1.83. The van der Waals surface area contributed by atoms with Crippen LogP contribution in [0, 0.1) is 0 Å². The van der Waals surface area contributed by atoms with Gasteiger partial charge < -0.3 is 0 Å². The summed E-state index contributed by atoms with van der Waals surface area (Å²) in [6.07, 6.45) is 0. The van der Waals surface area contributed by atoms with Crippen LogP contribution < -0.4 is 0 Å². The molecule has 0 N–H and O–H groups in total. The maximum Gasteiger partial charge on any atom is 0.264 e. The number of hydrogen-bond acceptors (Lipinski definition) is 2. The number of carbonyl (C=O) groups is 2. The van der Waals surface area contributed by atoms with E-state index in [4.69, 9.17) is 0 Å². The Kier molecular flexibility index (Phi) is 2.84. The lowest BCUT2D eigenvalue weighted by Crippen LogP contribution is -2.17. The van der Waals surface area contributed by atoms with Crippen molar-refractivity contribution in [2.45, 2.75) is 0 Å². The molecular weight excluding hydrogens is 253 g/mol. The van der Waals surface area contributed by atoms with Gasteiger partial charge in [-0.3, -0.25) is 14.3 Å². The molecule has 0 aliphatic carbocycles. The minimum atomic E-state index is -0.249. The Hall–Kier alpha value is -0.730. The third-order valence-corrected chi connectivity index (χ3v) is 2.29. The maximum absolute atomic E-state index is 11.3. The Balaban J connectivity index is 0.000000845. The molecule has 0 aromatic heterocycles. The van der Waals surface area contributed by atoms with Gasteiger partial charge in [0.1, 0.15) is 0 Å². The summed E-state index contributed by atoms with van der Waals surface area (Å²) in [5.74, 6) is -0.499. The first-order valence-electron chi connectivity index (χ1n) is 3.44. The van der Waals surface area contributed by atoms with Crippen molar-refractivity contribution >= 4 is 38.2 Å². The Labute approximate surface area is 88.1 Å². The zero-order chi connectivity index (χ0) is 8.72. The van der Waals surface area contributed by atoms with Crippen LogP contribution in [0.2, 0.25) is 0 Å². The van der Waals surface area contributed by atoms with E-state index in [1.807, 2.05) is 0 Å². The molecule has 2 rings (SSSR count). The van der Waals surface area contributed by atoms with E-state index < -0.39 is 0 Å². The average Bonchev–Trinajstić information content (AvgIpc) is 2.33. The van der Waals surface area contributed by atoms with Crippen LogP contribution >= 0.6 is 26.4 Å². The number of fused-ring (bicyclic) bond motifs is 1. The van der Waals surface area contributed by atoms with Gasteiger partial charge in [0, 0.05) is 0 Å². The van der Waals surface area contributed by atoms with Gasteiger partial charge >= 0.3 is 0 Å². The van der Waals surface area contributed by atoms with Crippen molar-refractivity contribution in [3.63, 3.8) is 0 Å². The number of benzene rings is 1. The fraction of sp³-hybridized carbons (Fsp3) is 0. The third kappa shape index (κ3) is 1.40. The summed E-state index contributed by atoms with van der Waals surface area (Å²) >= 11 is 0. The largest absolute Gasteiger partial charge is 0.268 e. The minimum Gasteiger partial charge on any atom is -0.268 e. The molecule has 3 nitrogen and oxygen atoms in total. The first kappa shape index (κ1) is 10.4. The number of carbonyl (C=O) groups excluding carboxylic acids is 2. The Morgan fingerprint density at radius 2 is 1.38 bits per heavy atom. The van der Waals surface area contributed by atoms with Crippen molar-refractivity contribution < 1.29 is 9.59 Å². The number of rotatable bonds is 0. The van der Waals surface area contributed by atoms with Crippen molar-refractivity contribution in [2.24, 2.45) is 0 Å². The van der Waals surface area contributed by atoms with Crippen LogP contribution in [0.5, 0.6) is 0 Å². The van der Waals surface area contributed by atoms with Crippen LogP contribution in [0.4, 0.5) is 0 Å². The molecule has 0 fully saturated rings. The minimum absolute atomic E-state index is 0. The lowest BCUT2D eigenvalue weighted by atomic mass is 10.1. The molecule has 5 heteroatoms. The molecule has 0 saturated heterocycles. The van der Waals surface area contributed by atoms with Crippen LogP contribution in [-0.2, 0) is 0 Å². The summed E-state index contributed by atoms with van der Waals surface area (Å²) in [5.41, 5.74) is 0.968. The molecule has 0 spiro atoms. The summed E-state index contributed by atoms with van der Waals surface area (Å²) in [4.78, 5) is 22.6. The zero-order valence-electron chi connectivity index (χ0n) is 6.56. The summed E-state index contributed by atoms with van der Waals surface area (Å²) in [7, 11) is 2.11. The molecule has 1 heterocycles. The Bertz CT molecular complexity index is 345. The summed E-state index contributed by atoms with van der Waals surface area (Å²) in [6, 6.07) is 6.79. The van der Waals surface area contributed by atoms with Gasteiger partial charge in [-0.05, 0) is 21.5 Å². The second kappa shape index (κ2) is 3.56. The van der Waals surface area contributed by atoms with E-state index in [1.165, 1.54) is 0 Å². The lowest BCUT2D eigenvalue weighted by Gasteiger charge is -2.02. The van der Waals surface area contributed by atoms with Crippen LogP contribution in [0.3, 0.4) is 0 Å². The smallest absolute Gasteiger partial charge is 0.264 e. The predicted octanol–water partition coefficient (Wildman–Crippen LogP) is 1.65. The second-order valence-electron chi connectivity index (χ2n) is 2.53. The van der Waals surface area contributed by atoms with Crippen LogP contribution in [0.15, 0.2) is 24.3 Å². The van der Waals surface area contributed by atoms with Crippen molar-refractivity contribution in [3.05, 3.63) is 35.4 Å². The van der Waals surface area contributed by atoms with Crippen molar-refractivity contribution in [1.82, 2.24) is 4.67 Å². The highest BCUT2D eigenvalue weighted by Crippen LogP contribution is 2.24. The second-order valence-corrected chi connectivity index (χ2v) is 3.04. The highest BCUT2D eigenvalue weighted by atomic mass is 79.9. The Morgan fingerprint density at radius 1 is 1.00 bits per heavy atom. The lowest BCUT2D eigenvalue weighted by molar-refractivity contribution is 0.0775. The molecule has 0 radical (unpaired) electrons. The van der Waals surface area contributed by atoms with Crippen molar-refractivity contribution in [2.75, 3.05) is 0 Å². The van der Waals surface area contributed by atoms with Crippen molar-refractivity contribution in [1.29, 1.82) is 0 Å². The van der Waals surface area contributed by atoms with E-state index in [9.17, 15) is 9.59 Å². The van der Waals surface area contributed by atoms with E-state index in [2.05, 4.69) is 9.39 Å². The summed E-state index contributed by atoms with van der Waals surface area (Å²) < 4.78 is 1.05. The van der Waals surface area contributed by atoms with Gasteiger partial charge in [0.05, 0.1) is 11.1 Å². The van der Waals surface area contributed by atoms with Gasteiger partial charge in [0.25, 0.3) is 11.8 Å². The predicted molar refractivity (Wildman–Crippen MR) is 57.0 cm³/mol. The highest BCUT2D eigenvalue weighted by molar-refractivity contribution is 8.93. The van der Waals surface area contributed by atoms with Gasteiger partial charge in [-0.1, -0.05) is 12.1 Å². The first-order valence-corrected chi connectivity index (χ1v) is 3.96. The van der Waals surface area contributed by atoms with Crippen LogP contribution in [0.25, 0.3) is 0 Å². The van der Waals surface area contributed by atoms with E-state index in [0.29, 0.717) is 11.1 Å². The first-order chi connectivity index (χ1) is 5.72. The fourth-order valence-corrected chi connectivity index (χ4v) is 1.49. The number of nitrogens with zero attached hydrogens (tertiary/aromatic N) is 1. The molecular formula is C8H7BrNO2P. The van der Waals surface area contributed by atoms with Gasteiger partial charge in [0.2, 0.25) is 0 Å². The standard InChI is InChI=1S/C8H6NO2P.BrH/c10-7-5-3-1-2-4-6(5)8(11)9(7)12;/h1-4H,12H2;1H. The molecule has 0 saturated carbocycles. The number of hydrogen-bond donors (Lipinski definition) is 0. The van der Waals surface area contributed by atoms with Crippen LogP contribution in [0.1, 0.15) is 20.7 Å². The molecule has 1 aromatic rings. The molecule has 1 unspecified atom stereocenters. The van der Waals surface area contributed by atoms with Gasteiger partial charge in [0.15, 0.2) is 0 Å². The highest BCUT2D eigenvalue weighted by Gasteiger charge is 2.31. The molecule has 1 aliphatic heterocycles. The number of imide groups is 1. The topological polar surface area (TPSA) is 37.4 Å². The number of amides is 2. The van der Waals surface area contributed by atoms with E-state index >= 15 is 0 Å². The Morgan fingerprint density at radius 3 is 1.77 bits per heavy atom. The SMILES string of the molecule is Br.O=C1c2ccccc2C(=O)N1P. The van der Waals surface area contributed by atoms with Gasteiger partial charge in [-0.2, -0.15) is 0 Å². The summed E-state index contributed by atoms with van der Waals surface area (Å²) in [5, 5.41) is 0. The average molecular weight is 260 g/mol. The summed E-state index contributed by atoms with van der Waals surface area (Å²) in [6.45, 7) is 0. The zero-order valence-corrected chi connectivity index (χ0v) is 9.43. The van der Waals surface area contributed by atoms with Crippen LogP contribution in [-0.4, -0.2) is 16.5 Å². The van der Waals surface area contributed by atoms with Crippen molar-refractivity contribution in [3.8, 4) is 0 Å². The van der Waals surface area contributed by atoms with Gasteiger partial charge in [-0.15, -0.1) is 17.0 Å². The maximum atomic E-state index is 11.3. The number of halogens is 1.